The van der Waals surface area contributed by atoms with Gasteiger partial charge in [-0.05, 0) is 36.8 Å². The molecular formula is C18H18FN5O. The first-order chi connectivity index (χ1) is 12.2. The van der Waals surface area contributed by atoms with E-state index >= 15 is 0 Å². The summed E-state index contributed by atoms with van der Waals surface area (Å²) in [7, 11) is 1.98. The fraction of sp³-hybridized carbons (Fsp3) is 0.278. The van der Waals surface area contributed by atoms with E-state index in [1.165, 1.54) is 6.07 Å². The van der Waals surface area contributed by atoms with Crippen LogP contribution in [0.15, 0.2) is 47.1 Å². The highest BCUT2D eigenvalue weighted by Gasteiger charge is 2.21. The minimum Gasteiger partial charge on any atom is -0.373 e. The molecule has 0 saturated heterocycles. The molecule has 4 rings (SSSR count). The minimum atomic E-state index is -0.234. The zero-order valence-electron chi connectivity index (χ0n) is 13.9. The van der Waals surface area contributed by atoms with Gasteiger partial charge < -0.3 is 14.3 Å². The molecule has 1 aliphatic heterocycles. The summed E-state index contributed by atoms with van der Waals surface area (Å²) in [6.45, 7) is 2.19. The monoisotopic (exact) mass is 339 g/mol. The fourth-order valence-corrected chi connectivity index (χ4v) is 3.06. The molecule has 128 valence electrons. The predicted octanol–water partition coefficient (Wildman–Crippen LogP) is 3.12. The Morgan fingerprint density at radius 1 is 1.16 bits per heavy atom. The molecule has 2 aromatic heterocycles. The summed E-state index contributed by atoms with van der Waals surface area (Å²) >= 11 is 0. The van der Waals surface area contributed by atoms with Gasteiger partial charge in [0.25, 0.3) is 0 Å². The second kappa shape index (κ2) is 6.51. The Morgan fingerprint density at radius 3 is 2.92 bits per heavy atom. The molecule has 0 fully saturated rings. The van der Waals surface area contributed by atoms with E-state index in [0.29, 0.717) is 24.0 Å². The third kappa shape index (κ3) is 3.17. The highest BCUT2D eigenvalue weighted by molar-refractivity contribution is 5.72. The third-order valence-electron chi connectivity index (χ3n) is 4.30. The van der Waals surface area contributed by atoms with E-state index in [1.807, 2.05) is 31.3 Å². The summed E-state index contributed by atoms with van der Waals surface area (Å²) in [5.74, 6) is 0.755. The van der Waals surface area contributed by atoms with Gasteiger partial charge in [-0.15, -0.1) is 0 Å². The van der Waals surface area contributed by atoms with Crippen molar-refractivity contribution in [1.82, 2.24) is 15.1 Å². The number of aromatic nitrogens is 3. The van der Waals surface area contributed by atoms with Crippen molar-refractivity contribution in [3.63, 3.8) is 0 Å². The van der Waals surface area contributed by atoms with Gasteiger partial charge in [0.2, 0.25) is 11.7 Å². The van der Waals surface area contributed by atoms with E-state index < -0.39 is 0 Å². The lowest BCUT2D eigenvalue weighted by Crippen LogP contribution is -2.23. The maximum atomic E-state index is 13.7. The second-order valence-corrected chi connectivity index (χ2v) is 6.06. The maximum absolute atomic E-state index is 13.7. The first-order valence-electron chi connectivity index (χ1n) is 8.20. The van der Waals surface area contributed by atoms with E-state index in [4.69, 9.17) is 4.52 Å². The smallest absolute Gasteiger partial charge is 0.246 e. The average Bonchev–Trinajstić information content (AvgIpc) is 3.04. The van der Waals surface area contributed by atoms with Gasteiger partial charge in [0.1, 0.15) is 11.5 Å². The van der Waals surface area contributed by atoms with Gasteiger partial charge in [0, 0.05) is 26.3 Å². The van der Waals surface area contributed by atoms with Crippen LogP contribution in [-0.4, -0.2) is 35.3 Å². The molecule has 1 aromatic carbocycles. The van der Waals surface area contributed by atoms with Crippen molar-refractivity contribution in [1.29, 1.82) is 0 Å². The second-order valence-electron chi connectivity index (χ2n) is 6.06. The molecule has 0 N–H and O–H groups in total. The predicted molar refractivity (Wildman–Crippen MR) is 92.9 cm³/mol. The molecule has 0 bridgehead atoms. The molecule has 0 saturated carbocycles. The summed E-state index contributed by atoms with van der Waals surface area (Å²) in [5, 5.41) is 4.01. The van der Waals surface area contributed by atoms with Crippen LogP contribution in [0.4, 0.5) is 15.8 Å². The normalized spacial score (nSPS) is 14.3. The number of hydrogen-bond acceptors (Lipinski definition) is 6. The molecule has 0 atom stereocenters. The largest absolute Gasteiger partial charge is 0.373 e. The topological polar surface area (TPSA) is 58.3 Å². The summed E-state index contributed by atoms with van der Waals surface area (Å²) in [6, 6.07) is 10.4. The molecule has 7 heteroatoms. The zero-order chi connectivity index (χ0) is 17.2. The zero-order valence-corrected chi connectivity index (χ0v) is 13.9. The molecule has 1 aliphatic rings. The highest BCUT2D eigenvalue weighted by atomic mass is 19.1. The van der Waals surface area contributed by atoms with Crippen LogP contribution < -0.4 is 9.80 Å². The first-order valence-corrected chi connectivity index (χ1v) is 8.20. The summed E-state index contributed by atoms with van der Waals surface area (Å²) in [5.41, 5.74) is 2.52. The van der Waals surface area contributed by atoms with Crippen molar-refractivity contribution in [2.75, 3.05) is 29.9 Å². The van der Waals surface area contributed by atoms with Crippen LogP contribution >= 0.6 is 0 Å². The van der Waals surface area contributed by atoms with Gasteiger partial charge in [-0.25, -0.2) is 4.39 Å². The van der Waals surface area contributed by atoms with E-state index in [9.17, 15) is 4.39 Å². The summed E-state index contributed by atoms with van der Waals surface area (Å²) < 4.78 is 19.1. The van der Waals surface area contributed by atoms with Gasteiger partial charge in [0.05, 0.1) is 17.9 Å². The Bertz CT molecular complexity index is 867. The molecule has 0 amide bonds. The number of halogens is 1. The molecular weight excluding hydrogens is 321 g/mol. The van der Waals surface area contributed by atoms with Crippen LogP contribution in [0.5, 0.6) is 0 Å². The van der Waals surface area contributed by atoms with Crippen molar-refractivity contribution in [2.45, 2.75) is 13.0 Å². The van der Waals surface area contributed by atoms with Gasteiger partial charge in [-0.2, -0.15) is 4.98 Å². The minimum absolute atomic E-state index is 0.234. The molecule has 6 nitrogen and oxygen atoms in total. The Labute approximate surface area is 144 Å². The lowest BCUT2D eigenvalue weighted by molar-refractivity contribution is 0.376. The van der Waals surface area contributed by atoms with Crippen LogP contribution in [0.1, 0.15) is 12.3 Å². The fourth-order valence-electron chi connectivity index (χ4n) is 3.06. The highest BCUT2D eigenvalue weighted by Crippen LogP contribution is 2.33. The Morgan fingerprint density at radius 2 is 2.08 bits per heavy atom. The lowest BCUT2D eigenvalue weighted by atomic mass is 10.2. The standard InChI is InChI=1S/C18H18FN5O/c1-23-9-4-10-24(15-7-6-13(19)11-16(15)23)12-17-21-18(22-25-17)14-5-2-3-8-20-14/h2-3,5-8,11H,4,9-10,12H2,1H3. The maximum Gasteiger partial charge on any atom is 0.246 e. The van der Waals surface area contributed by atoms with Gasteiger partial charge in [-0.1, -0.05) is 11.2 Å². The first kappa shape index (κ1) is 15.6. The van der Waals surface area contributed by atoms with E-state index in [0.717, 1.165) is 30.9 Å². The number of benzene rings is 1. The van der Waals surface area contributed by atoms with Crippen molar-refractivity contribution in [3.05, 3.63) is 54.3 Å². The van der Waals surface area contributed by atoms with Crippen LogP contribution in [0.25, 0.3) is 11.5 Å². The average molecular weight is 339 g/mol. The summed E-state index contributed by atoms with van der Waals surface area (Å²) in [4.78, 5) is 12.9. The Kier molecular flexibility index (Phi) is 4.05. The van der Waals surface area contributed by atoms with Crippen molar-refractivity contribution in [2.24, 2.45) is 0 Å². The van der Waals surface area contributed by atoms with Crippen LogP contribution in [-0.2, 0) is 6.54 Å². The number of rotatable bonds is 3. The van der Waals surface area contributed by atoms with E-state index in [1.54, 1.807) is 12.3 Å². The van der Waals surface area contributed by atoms with Crippen molar-refractivity contribution < 1.29 is 8.91 Å². The van der Waals surface area contributed by atoms with Gasteiger partial charge >= 0.3 is 0 Å². The van der Waals surface area contributed by atoms with Crippen LogP contribution in [0.3, 0.4) is 0 Å². The lowest BCUT2D eigenvalue weighted by Gasteiger charge is -2.24. The van der Waals surface area contributed by atoms with Crippen molar-refractivity contribution >= 4 is 11.4 Å². The van der Waals surface area contributed by atoms with Crippen LogP contribution in [0.2, 0.25) is 0 Å². The Balaban J connectivity index is 1.61. The SMILES string of the molecule is CN1CCCN(Cc2nc(-c3ccccn3)no2)c2ccc(F)cc21. The van der Waals surface area contributed by atoms with Gasteiger partial charge in [-0.3, -0.25) is 4.98 Å². The number of pyridine rings is 1. The van der Waals surface area contributed by atoms with Crippen molar-refractivity contribution in [3.8, 4) is 11.5 Å². The van der Waals surface area contributed by atoms with E-state index in [2.05, 4.69) is 24.9 Å². The molecule has 0 radical (unpaired) electrons. The molecule has 0 aliphatic carbocycles. The number of anilines is 2. The molecule has 3 aromatic rings. The van der Waals surface area contributed by atoms with Gasteiger partial charge in [0.15, 0.2) is 0 Å². The number of hydrogen-bond donors (Lipinski definition) is 0. The molecule has 3 heterocycles. The molecule has 0 unspecified atom stereocenters. The third-order valence-corrected chi connectivity index (χ3v) is 4.30. The summed E-state index contributed by atoms with van der Waals surface area (Å²) in [6.07, 6.45) is 2.66. The molecule has 25 heavy (non-hydrogen) atoms. The Hall–Kier alpha value is -2.96. The van der Waals surface area contributed by atoms with E-state index in [-0.39, 0.29) is 5.82 Å². The quantitative estimate of drug-likeness (QED) is 0.731. The molecule has 0 spiro atoms. The number of nitrogens with zero attached hydrogens (tertiary/aromatic N) is 5. The van der Waals surface area contributed by atoms with Crippen LogP contribution in [0, 0.1) is 5.82 Å². The number of fused-ring (bicyclic) bond motifs is 1.